The van der Waals surface area contributed by atoms with E-state index in [9.17, 15) is 0 Å². The second-order valence-electron chi connectivity index (χ2n) is 6.27. The largest absolute Gasteiger partial charge is 0.299 e. The highest BCUT2D eigenvalue weighted by Gasteiger charge is 2.12. The molecule has 0 saturated carbocycles. The number of rotatable bonds is 3. The quantitative estimate of drug-likeness (QED) is 0.329. The molecule has 0 N–H and O–H groups in total. The number of aryl methyl sites for hydroxylation is 1. The van der Waals surface area contributed by atoms with Gasteiger partial charge in [0.2, 0.25) is 0 Å². The van der Waals surface area contributed by atoms with Crippen LogP contribution in [0.1, 0.15) is 18.1 Å². The summed E-state index contributed by atoms with van der Waals surface area (Å²) < 4.78 is 2.19. The molecule has 0 atom stereocenters. The van der Waals surface area contributed by atoms with Crippen molar-refractivity contribution in [3.8, 4) is 0 Å². The second-order valence-corrected chi connectivity index (χ2v) is 6.27. The van der Waals surface area contributed by atoms with Gasteiger partial charge in [-0.2, -0.15) is 0 Å². The number of hydrogen-bond acceptors (Lipinski definition) is 1. The molecule has 0 amide bonds. The fourth-order valence-electron chi connectivity index (χ4n) is 3.47. The third-order valence-corrected chi connectivity index (χ3v) is 4.61. The lowest BCUT2D eigenvalue weighted by Crippen LogP contribution is -1.95. The van der Waals surface area contributed by atoms with Crippen LogP contribution in [-0.2, 0) is 0 Å². The Kier molecular flexibility index (Phi) is 3.73. The lowest BCUT2D eigenvalue weighted by Gasteiger charge is -2.13. The van der Waals surface area contributed by atoms with Crippen molar-refractivity contribution >= 4 is 32.9 Å². The minimum absolute atomic E-state index is 1.01. The zero-order chi connectivity index (χ0) is 17.4. The molecule has 0 unspecified atom stereocenters. The Morgan fingerprint density at radius 2 is 1.88 bits per heavy atom. The van der Waals surface area contributed by atoms with Crippen molar-refractivity contribution in [1.29, 1.82) is 0 Å². The normalized spacial score (nSPS) is 12.2. The summed E-state index contributed by atoms with van der Waals surface area (Å²) in [5.74, 6) is 0. The summed E-state index contributed by atoms with van der Waals surface area (Å²) in [5, 5.41) is 3.63. The van der Waals surface area contributed by atoms with Gasteiger partial charge in [-0.3, -0.25) is 4.40 Å². The van der Waals surface area contributed by atoms with Crippen LogP contribution in [0, 0.1) is 6.92 Å². The second kappa shape index (κ2) is 6.06. The van der Waals surface area contributed by atoms with Gasteiger partial charge < -0.3 is 0 Å². The zero-order valence-corrected chi connectivity index (χ0v) is 14.5. The monoisotopic (exact) mass is 324 g/mol. The lowest BCUT2D eigenvalue weighted by atomic mass is 9.97. The van der Waals surface area contributed by atoms with Gasteiger partial charge in [0.1, 0.15) is 5.65 Å². The molecule has 0 aliphatic heterocycles. The molecule has 2 heteroatoms. The molecule has 0 fully saturated rings. The third-order valence-electron chi connectivity index (χ3n) is 4.61. The molecule has 2 heterocycles. The average molecular weight is 324 g/mol. The number of benzene rings is 2. The van der Waals surface area contributed by atoms with Crippen LogP contribution in [0.3, 0.4) is 0 Å². The van der Waals surface area contributed by atoms with Crippen LogP contribution in [0.2, 0.25) is 0 Å². The molecule has 0 spiro atoms. The first-order valence-electron chi connectivity index (χ1n) is 8.47. The van der Waals surface area contributed by atoms with Crippen LogP contribution in [0.25, 0.3) is 32.9 Å². The fraction of sp³-hybridized carbons (Fsp3) is 0.0870. The Morgan fingerprint density at radius 1 is 1.08 bits per heavy atom. The third kappa shape index (κ3) is 2.47. The van der Waals surface area contributed by atoms with E-state index in [1.807, 2.05) is 37.5 Å². The lowest BCUT2D eigenvalue weighted by molar-refractivity contribution is 1.25. The standard InChI is InChI=1S/C23H20N2/c1-4-5-6-9-16(2)18-14-17(3)22-21(15-18)19-10-7-8-11-20(19)23-24-12-13-25(22)23/h4-15H,2H2,1,3H3/b5-4-,9-6-. The maximum Gasteiger partial charge on any atom is 0.145 e. The highest BCUT2D eigenvalue weighted by Crippen LogP contribution is 2.33. The van der Waals surface area contributed by atoms with Gasteiger partial charge in [0.15, 0.2) is 0 Å². The SMILES string of the molecule is C=C(/C=C\C=C/C)c1cc(C)c2c(c1)c1ccccc1c1nccn12. The maximum absolute atomic E-state index is 4.57. The van der Waals surface area contributed by atoms with E-state index in [1.54, 1.807) is 0 Å². The van der Waals surface area contributed by atoms with E-state index in [4.69, 9.17) is 0 Å². The van der Waals surface area contributed by atoms with Crippen molar-refractivity contribution in [1.82, 2.24) is 9.38 Å². The van der Waals surface area contributed by atoms with E-state index >= 15 is 0 Å². The maximum atomic E-state index is 4.57. The van der Waals surface area contributed by atoms with Crippen molar-refractivity contribution in [3.63, 3.8) is 0 Å². The van der Waals surface area contributed by atoms with Gasteiger partial charge in [0.05, 0.1) is 5.52 Å². The van der Waals surface area contributed by atoms with Gasteiger partial charge in [-0.05, 0) is 48.1 Å². The Bertz CT molecular complexity index is 1170. The Hall–Kier alpha value is -3.13. The van der Waals surface area contributed by atoms with Crippen molar-refractivity contribution < 1.29 is 0 Å². The molecule has 2 aromatic carbocycles. The number of imidazole rings is 1. The number of fused-ring (bicyclic) bond motifs is 6. The summed E-state index contributed by atoms with van der Waals surface area (Å²) >= 11 is 0. The summed E-state index contributed by atoms with van der Waals surface area (Å²) in [6.45, 7) is 8.40. The molecule has 0 saturated heterocycles. The fourth-order valence-corrected chi connectivity index (χ4v) is 3.47. The molecule has 2 nitrogen and oxygen atoms in total. The van der Waals surface area contributed by atoms with E-state index in [1.165, 1.54) is 27.2 Å². The Balaban J connectivity index is 2.07. The van der Waals surface area contributed by atoms with Gasteiger partial charge in [0, 0.05) is 23.2 Å². The highest BCUT2D eigenvalue weighted by molar-refractivity contribution is 6.13. The van der Waals surface area contributed by atoms with E-state index in [0.717, 1.165) is 16.8 Å². The molecule has 0 radical (unpaired) electrons. The van der Waals surface area contributed by atoms with Crippen LogP contribution < -0.4 is 0 Å². The van der Waals surface area contributed by atoms with Crippen molar-refractivity contribution in [2.75, 3.05) is 0 Å². The van der Waals surface area contributed by atoms with Crippen LogP contribution in [0.4, 0.5) is 0 Å². The molecule has 122 valence electrons. The number of hydrogen-bond donors (Lipinski definition) is 0. The molecule has 0 bridgehead atoms. The van der Waals surface area contributed by atoms with Gasteiger partial charge in [-0.1, -0.05) is 55.1 Å². The first kappa shape index (κ1) is 15.4. The van der Waals surface area contributed by atoms with E-state index in [-0.39, 0.29) is 0 Å². The van der Waals surface area contributed by atoms with Crippen LogP contribution >= 0.6 is 0 Å². The van der Waals surface area contributed by atoms with Crippen molar-refractivity contribution in [3.05, 3.63) is 90.8 Å². The molecule has 0 aliphatic carbocycles. The molecule has 25 heavy (non-hydrogen) atoms. The van der Waals surface area contributed by atoms with Gasteiger partial charge in [0.25, 0.3) is 0 Å². The summed E-state index contributed by atoms with van der Waals surface area (Å²) in [6, 6.07) is 12.9. The number of pyridine rings is 1. The zero-order valence-electron chi connectivity index (χ0n) is 14.5. The smallest absolute Gasteiger partial charge is 0.145 e. The number of nitrogens with zero attached hydrogens (tertiary/aromatic N) is 2. The molecule has 4 rings (SSSR count). The minimum atomic E-state index is 1.01. The van der Waals surface area contributed by atoms with Gasteiger partial charge >= 0.3 is 0 Å². The van der Waals surface area contributed by atoms with E-state index in [0.29, 0.717) is 0 Å². The average Bonchev–Trinajstić information content (AvgIpc) is 3.11. The summed E-state index contributed by atoms with van der Waals surface area (Å²) in [5.41, 5.74) is 5.60. The molecular formula is C23H20N2. The summed E-state index contributed by atoms with van der Waals surface area (Å²) in [6.07, 6.45) is 12.0. The van der Waals surface area contributed by atoms with Crippen LogP contribution in [0.15, 0.2) is 79.7 Å². The summed E-state index contributed by atoms with van der Waals surface area (Å²) in [7, 11) is 0. The van der Waals surface area contributed by atoms with Crippen molar-refractivity contribution in [2.24, 2.45) is 0 Å². The minimum Gasteiger partial charge on any atom is -0.299 e. The Morgan fingerprint density at radius 3 is 2.68 bits per heavy atom. The van der Waals surface area contributed by atoms with E-state index in [2.05, 4.69) is 65.4 Å². The van der Waals surface area contributed by atoms with Crippen LogP contribution in [0.5, 0.6) is 0 Å². The van der Waals surface area contributed by atoms with Gasteiger partial charge in [-0.25, -0.2) is 4.98 Å². The number of aromatic nitrogens is 2. The number of allylic oxidation sites excluding steroid dienone is 5. The highest BCUT2D eigenvalue weighted by atomic mass is 15.0. The first-order valence-corrected chi connectivity index (χ1v) is 8.47. The Labute approximate surface area is 147 Å². The predicted octanol–water partition coefficient (Wildman–Crippen LogP) is 6.09. The first-order chi connectivity index (χ1) is 12.2. The summed E-state index contributed by atoms with van der Waals surface area (Å²) in [4.78, 5) is 4.57. The van der Waals surface area contributed by atoms with E-state index < -0.39 is 0 Å². The molecular weight excluding hydrogens is 304 g/mol. The molecule has 4 aromatic rings. The van der Waals surface area contributed by atoms with Crippen molar-refractivity contribution in [2.45, 2.75) is 13.8 Å². The topological polar surface area (TPSA) is 17.3 Å². The molecule has 0 aliphatic rings. The molecule has 2 aromatic heterocycles. The van der Waals surface area contributed by atoms with Gasteiger partial charge in [-0.15, -0.1) is 0 Å². The predicted molar refractivity (Wildman–Crippen MR) is 108 cm³/mol. The van der Waals surface area contributed by atoms with Crippen LogP contribution in [-0.4, -0.2) is 9.38 Å².